The van der Waals surface area contributed by atoms with Crippen LogP contribution in [0.15, 0.2) is 85.1 Å². The highest BCUT2D eigenvalue weighted by atomic mass is 16.6. The number of piperidine rings is 1. The molecule has 85 heavy (non-hydrogen) atoms. The van der Waals surface area contributed by atoms with Gasteiger partial charge >= 0.3 is 0 Å². The number of carbonyl (C=O) groups is 3. The summed E-state index contributed by atoms with van der Waals surface area (Å²) in [5, 5.41) is 8.86. The third kappa shape index (κ3) is 37.0. The predicted octanol–water partition coefficient (Wildman–Crippen LogP) is 8.69. The van der Waals surface area contributed by atoms with Crippen LogP contribution in [0, 0.1) is 13.8 Å². The van der Waals surface area contributed by atoms with Gasteiger partial charge in [0.2, 0.25) is 5.91 Å². The van der Waals surface area contributed by atoms with Gasteiger partial charge < -0.3 is 77.7 Å². The quantitative estimate of drug-likeness (QED) is 0.0353. The van der Waals surface area contributed by atoms with Gasteiger partial charge in [0.25, 0.3) is 11.8 Å². The highest BCUT2D eigenvalue weighted by Crippen LogP contribution is 2.33. The molecule has 2 heterocycles. The number of amides is 3. The maximum Gasteiger partial charge on any atom is 0.255 e. The summed E-state index contributed by atoms with van der Waals surface area (Å²) in [7, 11) is 1.65. The van der Waals surface area contributed by atoms with Crippen LogP contribution in [0.5, 0.6) is 0 Å². The first-order valence-corrected chi connectivity index (χ1v) is 30.4. The molecule has 3 N–H and O–H groups in total. The van der Waals surface area contributed by atoms with E-state index in [-0.39, 0.29) is 17.7 Å². The maximum absolute atomic E-state index is 13.1. The lowest BCUT2D eigenvalue weighted by molar-refractivity contribution is -0.122. The average molecular weight is 1190 g/mol. The second kappa shape index (κ2) is 50.7. The van der Waals surface area contributed by atoms with E-state index in [1.54, 1.807) is 25.4 Å². The van der Waals surface area contributed by atoms with Gasteiger partial charge in [-0.05, 0) is 101 Å². The molecule has 0 spiro atoms. The number of anilines is 2. The number of pyridine rings is 1. The van der Waals surface area contributed by atoms with Crippen LogP contribution in [0.2, 0.25) is 0 Å². The number of nitrogens with zero attached hydrogens (tertiary/aromatic N) is 2. The van der Waals surface area contributed by atoms with E-state index in [1.165, 1.54) is 6.42 Å². The van der Waals surface area contributed by atoms with Crippen LogP contribution in [-0.2, 0) is 68.2 Å². The van der Waals surface area contributed by atoms with Crippen LogP contribution in [-0.4, -0.2) is 201 Å². The monoisotopic (exact) mass is 1190 g/mol. The van der Waals surface area contributed by atoms with E-state index in [0.717, 1.165) is 79.9 Å². The molecule has 0 bridgehead atoms. The van der Waals surface area contributed by atoms with Crippen molar-refractivity contribution in [1.82, 2.24) is 15.6 Å². The fourth-order valence-electron chi connectivity index (χ4n) is 8.06. The molecule has 20 nitrogen and oxygen atoms in total. The molecule has 476 valence electrons. The van der Waals surface area contributed by atoms with Gasteiger partial charge in [-0.2, -0.15) is 0 Å². The SMILES string of the molecule is CCCCOCCOCCOCCOCCC(=O)NCCOCC.CCOCCOCCOCCOCCOCCOCCOC.Cc1cccc(CNC(=O)c2ccnc(-c3cc(N4CCCCC4)ccc3NC(=O)c3cccc(C)c3)c2)c1. The summed E-state index contributed by atoms with van der Waals surface area (Å²) in [4.78, 5) is 44.6. The molecule has 1 fully saturated rings. The van der Waals surface area contributed by atoms with Crippen molar-refractivity contribution in [3.63, 3.8) is 0 Å². The third-order valence-electron chi connectivity index (χ3n) is 12.6. The smallest absolute Gasteiger partial charge is 0.255 e. The molecular weight excluding hydrogens is 1090 g/mol. The lowest BCUT2D eigenvalue weighted by atomic mass is 10.0. The Balaban J connectivity index is 0.000000358. The number of carbonyl (C=O) groups excluding carboxylic acids is 3. The molecule has 1 aromatic heterocycles. The Bertz CT molecular complexity index is 2300. The van der Waals surface area contributed by atoms with Crippen LogP contribution in [0.1, 0.15) is 96.7 Å². The summed E-state index contributed by atoms with van der Waals surface area (Å²) in [6, 6.07) is 25.2. The van der Waals surface area contributed by atoms with E-state index in [1.807, 2.05) is 76.2 Å². The Morgan fingerprint density at radius 3 is 1.58 bits per heavy atom. The minimum atomic E-state index is -0.183. The molecular formula is C65H101N5O15. The molecule has 0 aliphatic carbocycles. The van der Waals surface area contributed by atoms with E-state index in [2.05, 4.69) is 51.0 Å². The number of ether oxygens (including phenoxy) is 12. The second-order valence-electron chi connectivity index (χ2n) is 19.6. The van der Waals surface area contributed by atoms with Crippen molar-refractivity contribution in [3.8, 4) is 11.3 Å². The van der Waals surface area contributed by atoms with Crippen molar-refractivity contribution >= 4 is 29.1 Å². The summed E-state index contributed by atoms with van der Waals surface area (Å²) in [5.41, 5.74) is 7.51. The van der Waals surface area contributed by atoms with Crippen LogP contribution in [0.25, 0.3) is 11.3 Å². The Kier molecular flexibility index (Phi) is 44.0. The van der Waals surface area contributed by atoms with Crippen LogP contribution < -0.4 is 20.9 Å². The van der Waals surface area contributed by atoms with Gasteiger partial charge in [-0.3, -0.25) is 19.4 Å². The number of hydrogen-bond donors (Lipinski definition) is 3. The van der Waals surface area contributed by atoms with Crippen LogP contribution >= 0.6 is 0 Å². The van der Waals surface area contributed by atoms with Gasteiger partial charge in [0.15, 0.2) is 0 Å². The number of hydrogen-bond acceptors (Lipinski definition) is 17. The minimum Gasteiger partial charge on any atom is -0.382 e. The van der Waals surface area contributed by atoms with Gasteiger partial charge in [0.05, 0.1) is 144 Å². The molecule has 0 unspecified atom stereocenters. The summed E-state index contributed by atoms with van der Waals surface area (Å²) in [6.45, 7) is 26.5. The highest BCUT2D eigenvalue weighted by Gasteiger charge is 2.18. The topological polar surface area (TPSA) is 214 Å². The molecule has 0 saturated carbocycles. The van der Waals surface area contributed by atoms with Crippen molar-refractivity contribution in [1.29, 1.82) is 0 Å². The summed E-state index contributed by atoms with van der Waals surface area (Å²) >= 11 is 0. The Hall–Kier alpha value is -5.46. The Morgan fingerprint density at radius 1 is 0.506 bits per heavy atom. The lowest BCUT2D eigenvalue weighted by Gasteiger charge is -2.29. The minimum absolute atomic E-state index is 0.0230. The van der Waals surface area contributed by atoms with Gasteiger partial charge in [-0.15, -0.1) is 0 Å². The molecule has 0 atom stereocenters. The van der Waals surface area contributed by atoms with E-state index in [4.69, 9.17) is 56.8 Å². The molecule has 5 rings (SSSR count). The van der Waals surface area contributed by atoms with E-state index >= 15 is 0 Å². The highest BCUT2D eigenvalue weighted by molar-refractivity contribution is 6.06. The molecule has 3 amide bonds. The molecule has 1 aliphatic heterocycles. The maximum atomic E-state index is 13.1. The first-order chi connectivity index (χ1) is 41.7. The Morgan fingerprint density at radius 2 is 1.02 bits per heavy atom. The lowest BCUT2D eigenvalue weighted by Crippen LogP contribution is -2.29. The van der Waals surface area contributed by atoms with Gasteiger partial charge in [0.1, 0.15) is 0 Å². The first-order valence-electron chi connectivity index (χ1n) is 30.4. The molecule has 1 saturated heterocycles. The first kappa shape index (κ1) is 73.8. The van der Waals surface area contributed by atoms with Crippen LogP contribution in [0.3, 0.4) is 0 Å². The predicted molar refractivity (Wildman–Crippen MR) is 332 cm³/mol. The molecule has 1 aliphatic rings. The van der Waals surface area contributed by atoms with Crippen molar-refractivity contribution < 1.29 is 71.2 Å². The number of nitrogens with one attached hydrogen (secondary N) is 3. The van der Waals surface area contributed by atoms with Gasteiger partial charge in [0, 0.05) is 88.1 Å². The second-order valence-corrected chi connectivity index (χ2v) is 19.6. The van der Waals surface area contributed by atoms with Crippen molar-refractivity contribution in [3.05, 3.63) is 113 Å². The largest absolute Gasteiger partial charge is 0.382 e. The molecule has 20 heteroatoms. The normalized spacial score (nSPS) is 12.0. The molecule has 0 radical (unpaired) electrons. The fraction of sp³-hybridized carbons (Fsp3) is 0.600. The molecule has 3 aromatic carbocycles. The standard InChI is InChI=1S/C33H34N4O2.C17H35NO6.C15H32O7/c1-23-8-6-10-25(18-23)22-35-32(38)27-14-15-34-31(20-27)29-21-28(37-16-4-3-5-17-37)12-13-30(29)36-33(39)26-11-7-9-24(2)19-26;1-3-5-8-21-11-13-23-15-16-24-14-12-22-9-6-17(19)18-7-10-20-4-2;1-3-17-6-7-19-10-11-21-14-15-22-13-12-20-9-8-18-5-4-16-2/h6-15,18-21H,3-5,16-17,22H2,1-2H3,(H,35,38)(H,36,39);3-16H2,1-2H3,(H,18,19);3-15H2,1-2H3. The van der Waals surface area contributed by atoms with Crippen molar-refractivity contribution in [2.24, 2.45) is 0 Å². The third-order valence-corrected chi connectivity index (χ3v) is 12.6. The Labute approximate surface area is 506 Å². The number of aryl methyl sites for hydroxylation is 2. The number of aromatic nitrogens is 1. The van der Waals surface area contributed by atoms with Crippen molar-refractivity contribution in [2.75, 3.05) is 189 Å². The summed E-state index contributed by atoms with van der Waals surface area (Å²) in [6.07, 6.45) is 7.82. The van der Waals surface area contributed by atoms with E-state index in [9.17, 15) is 14.4 Å². The zero-order valence-corrected chi connectivity index (χ0v) is 51.9. The zero-order chi connectivity index (χ0) is 61.1. The summed E-state index contributed by atoms with van der Waals surface area (Å²) < 4.78 is 63.2. The fourth-order valence-corrected chi connectivity index (χ4v) is 8.06. The van der Waals surface area contributed by atoms with E-state index < -0.39 is 0 Å². The van der Waals surface area contributed by atoms with Crippen LogP contribution in [0.4, 0.5) is 11.4 Å². The zero-order valence-electron chi connectivity index (χ0n) is 51.9. The van der Waals surface area contributed by atoms with Gasteiger partial charge in [-0.1, -0.05) is 60.9 Å². The van der Waals surface area contributed by atoms with Gasteiger partial charge in [-0.25, -0.2) is 0 Å². The number of methoxy groups -OCH3 is 1. The number of benzene rings is 3. The molecule has 4 aromatic rings. The number of unbranched alkanes of at least 4 members (excludes halogenated alkanes) is 1. The number of rotatable bonds is 45. The summed E-state index contributed by atoms with van der Waals surface area (Å²) in [5.74, 6) is -0.374. The van der Waals surface area contributed by atoms with Crippen molar-refractivity contribution in [2.45, 2.75) is 79.7 Å². The average Bonchev–Trinajstić information content (AvgIpc) is 3.70. The van der Waals surface area contributed by atoms with E-state index in [0.29, 0.717) is 181 Å².